The number of benzene rings is 2. The van der Waals surface area contributed by atoms with Crippen LogP contribution in [0.25, 0.3) is 0 Å². The van der Waals surface area contributed by atoms with Gasteiger partial charge in [-0.1, -0.05) is 12.1 Å². The van der Waals surface area contributed by atoms with E-state index in [0.717, 1.165) is 0 Å². The molecule has 7 nitrogen and oxygen atoms in total. The maximum atomic E-state index is 13.9. The van der Waals surface area contributed by atoms with E-state index in [4.69, 9.17) is 4.74 Å². The zero-order valence-corrected chi connectivity index (χ0v) is 16.3. The standard InChI is InChI=1S/C19H22FN3O4S/c1-2-27-19(24)21-15-7-9-16(10-8-15)28(25,26)23-13-11-22(12-14-23)18-6-4-3-5-17(18)20/h3-10H,2,11-14H2,1H3,(H,21,24). The zero-order chi connectivity index (χ0) is 20.1. The summed E-state index contributed by atoms with van der Waals surface area (Å²) in [6.07, 6.45) is -0.595. The van der Waals surface area contributed by atoms with Crippen molar-refractivity contribution in [2.24, 2.45) is 0 Å². The van der Waals surface area contributed by atoms with Crippen LogP contribution in [0.4, 0.5) is 20.6 Å². The molecule has 0 saturated carbocycles. The Bertz CT molecular complexity index is 926. The molecule has 0 atom stereocenters. The summed E-state index contributed by atoms with van der Waals surface area (Å²) in [4.78, 5) is 13.4. The number of halogens is 1. The molecule has 1 fully saturated rings. The third-order valence-corrected chi connectivity index (χ3v) is 6.36. The van der Waals surface area contributed by atoms with E-state index in [1.165, 1.54) is 34.6 Å². The van der Waals surface area contributed by atoms with E-state index in [1.54, 1.807) is 25.1 Å². The fourth-order valence-electron chi connectivity index (χ4n) is 3.02. The number of carbonyl (C=O) groups is 1. The third kappa shape index (κ3) is 4.42. The van der Waals surface area contributed by atoms with Crippen molar-refractivity contribution in [1.82, 2.24) is 4.31 Å². The lowest BCUT2D eigenvalue weighted by Crippen LogP contribution is -2.48. The summed E-state index contributed by atoms with van der Waals surface area (Å²) < 4.78 is 45.8. The number of amides is 1. The number of ether oxygens (including phenoxy) is 1. The van der Waals surface area contributed by atoms with Gasteiger partial charge in [0.2, 0.25) is 10.0 Å². The lowest BCUT2D eigenvalue weighted by molar-refractivity contribution is 0.168. The van der Waals surface area contributed by atoms with Gasteiger partial charge in [0, 0.05) is 31.9 Å². The normalized spacial score (nSPS) is 15.3. The molecule has 9 heteroatoms. The fourth-order valence-corrected chi connectivity index (χ4v) is 4.44. The number of rotatable bonds is 5. The Morgan fingerprint density at radius 1 is 1.07 bits per heavy atom. The van der Waals surface area contributed by atoms with Crippen LogP contribution in [0.5, 0.6) is 0 Å². The lowest BCUT2D eigenvalue weighted by Gasteiger charge is -2.35. The van der Waals surface area contributed by atoms with E-state index >= 15 is 0 Å². The largest absolute Gasteiger partial charge is 0.450 e. The smallest absolute Gasteiger partial charge is 0.411 e. The first-order chi connectivity index (χ1) is 13.4. The van der Waals surface area contributed by atoms with Crippen LogP contribution in [0.3, 0.4) is 0 Å². The summed E-state index contributed by atoms with van der Waals surface area (Å²) in [5.74, 6) is -0.316. The molecule has 150 valence electrons. The molecule has 0 aromatic heterocycles. The molecular formula is C19H22FN3O4S. The topological polar surface area (TPSA) is 78.9 Å². The van der Waals surface area contributed by atoms with Gasteiger partial charge in [-0.25, -0.2) is 17.6 Å². The summed E-state index contributed by atoms with van der Waals surface area (Å²) in [6.45, 7) is 3.28. The van der Waals surface area contributed by atoms with Crippen molar-refractivity contribution in [2.45, 2.75) is 11.8 Å². The van der Waals surface area contributed by atoms with E-state index in [0.29, 0.717) is 24.5 Å². The summed E-state index contributed by atoms with van der Waals surface area (Å²) in [6, 6.07) is 12.4. The molecule has 28 heavy (non-hydrogen) atoms. The van der Waals surface area contributed by atoms with Crippen LogP contribution in [-0.4, -0.2) is 51.6 Å². The Morgan fingerprint density at radius 2 is 1.71 bits per heavy atom. The molecular weight excluding hydrogens is 385 g/mol. The molecule has 1 saturated heterocycles. The Kier molecular flexibility index (Phi) is 6.15. The summed E-state index contributed by atoms with van der Waals surface area (Å²) in [5.41, 5.74) is 0.927. The third-order valence-electron chi connectivity index (χ3n) is 4.45. The van der Waals surface area contributed by atoms with Crippen LogP contribution in [-0.2, 0) is 14.8 Å². The Labute approximate surface area is 163 Å². The Hall–Kier alpha value is -2.65. The molecule has 2 aromatic carbocycles. The second-order valence-corrected chi connectivity index (χ2v) is 8.15. The van der Waals surface area contributed by atoms with Gasteiger partial charge in [-0.05, 0) is 43.3 Å². The lowest BCUT2D eigenvalue weighted by atomic mass is 10.2. The van der Waals surface area contributed by atoms with E-state index in [-0.39, 0.29) is 30.4 Å². The van der Waals surface area contributed by atoms with Crippen LogP contribution in [0.1, 0.15) is 6.92 Å². The Balaban J connectivity index is 1.65. The number of hydrogen-bond acceptors (Lipinski definition) is 5. The van der Waals surface area contributed by atoms with Crippen molar-refractivity contribution >= 4 is 27.5 Å². The maximum absolute atomic E-state index is 13.9. The monoisotopic (exact) mass is 407 g/mol. The average Bonchev–Trinajstić information content (AvgIpc) is 2.69. The molecule has 1 amide bonds. The number of anilines is 2. The van der Waals surface area contributed by atoms with Crippen molar-refractivity contribution < 1.29 is 22.3 Å². The maximum Gasteiger partial charge on any atom is 0.411 e. The minimum absolute atomic E-state index is 0.140. The van der Waals surface area contributed by atoms with Gasteiger partial charge in [0.25, 0.3) is 0 Å². The molecule has 3 rings (SSSR count). The molecule has 0 bridgehead atoms. The van der Waals surface area contributed by atoms with Crippen LogP contribution >= 0.6 is 0 Å². The number of para-hydroxylation sites is 1. The van der Waals surface area contributed by atoms with E-state index < -0.39 is 16.1 Å². The molecule has 1 heterocycles. The van der Waals surface area contributed by atoms with Crippen molar-refractivity contribution in [2.75, 3.05) is 43.0 Å². The van der Waals surface area contributed by atoms with Gasteiger partial charge in [-0.3, -0.25) is 5.32 Å². The molecule has 1 aliphatic heterocycles. The predicted octanol–water partition coefficient (Wildman–Crippen LogP) is 2.91. The molecule has 0 unspecified atom stereocenters. The minimum Gasteiger partial charge on any atom is -0.450 e. The first-order valence-electron chi connectivity index (χ1n) is 8.95. The van der Waals surface area contributed by atoms with Gasteiger partial charge in [0.1, 0.15) is 5.82 Å². The number of nitrogens with zero attached hydrogens (tertiary/aromatic N) is 2. The highest BCUT2D eigenvalue weighted by Crippen LogP contribution is 2.24. The van der Waals surface area contributed by atoms with E-state index in [9.17, 15) is 17.6 Å². The quantitative estimate of drug-likeness (QED) is 0.825. The average molecular weight is 407 g/mol. The predicted molar refractivity (Wildman–Crippen MR) is 104 cm³/mol. The highest BCUT2D eigenvalue weighted by Gasteiger charge is 2.29. The van der Waals surface area contributed by atoms with Gasteiger partial charge in [-0.15, -0.1) is 0 Å². The second-order valence-electron chi connectivity index (χ2n) is 6.21. The summed E-state index contributed by atoms with van der Waals surface area (Å²) in [5, 5.41) is 2.52. The van der Waals surface area contributed by atoms with Gasteiger partial charge < -0.3 is 9.64 Å². The SMILES string of the molecule is CCOC(=O)Nc1ccc(S(=O)(=O)N2CCN(c3ccccc3F)CC2)cc1. The molecule has 0 spiro atoms. The Morgan fingerprint density at radius 3 is 2.32 bits per heavy atom. The van der Waals surface area contributed by atoms with E-state index in [2.05, 4.69) is 5.32 Å². The highest BCUT2D eigenvalue weighted by molar-refractivity contribution is 7.89. The van der Waals surface area contributed by atoms with Gasteiger partial charge in [0.05, 0.1) is 17.2 Å². The number of sulfonamides is 1. The van der Waals surface area contributed by atoms with Gasteiger partial charge in [-0.2, -0.15) is 4.31 Å². The van der Waals surface area contributed by atoms with E-state index in [1.807, 2.05) is 4.90 Å². The highest BCUT2D eigenvalue weighted by atomic mass is 32.2. The van der Waals surface area contributed by atoms with Gasteiger partial charge >= 0.3 is 6.09 Å². The van der Waals surface area contributed by atoms with Crippen LogP contribution in [0.15, 0.2) is 53.4 Å². The number of piperazine rings is 1. The van der Waals surface area contributed by atoms with Crippen molar-refractivity contribution in [1.29, 1.82) is 0 Å². The minimum atomic E-state index is -3.66. The molecule has 1 N–H and O–H groups in total. The van der Waals surface area contributed by atoms with Crippen LogP contribution < -0.4 is 10.2 Å². The van der Waals surface area contributed by atoms with Crippen LogP contribution in [0, 0.1) is 5.82 Å². The fraction of sp³-hybridized carbons (Fsp3) is 0.316. The van der Waals surface area contributed by atoms with Crippen molar-refractivity contribution in [3.05, 3.63) is 54.3 Å². The molecule has 1 aliphatic rings. The van der Waals surface area contributed by atoms with Crippen molar-refractivity contribution in [3.8, 4) is 0 Å². The molecule has 2 aromatic rings. The number of hydrogen-bond donors (Lipinski definition) is 1. The van der Waals surface area contributed by atoms with Gasteiger partial charge in [0.15, 0.2) is 0 Å². The first kappa shape index (κ1) is 20.1. The zero-order valence-electron chi connectivity index (χ0n) is 15.5. The number of nitrogens with one attached hydrogen (secondary N) is 1. The summed E-state index contributed by atoms with van der Waals surface area (Å²) >= 11 is 0. The van der Waals surface area contributed by atoms with Crippen molar-refractivity contribution in [3.63, 3.8) is 0 Å². The van der Waals surface area contributed by atoms with Crippen LogP contribution in [0.2, 0.25) is 0 Å². The molecule has 0 radical (unpaired) electrons. The summed E-state index contributed by atoms with van der Waals surface area (Å²) in [7, 11) is -3.66. The number of carbonyl (C=O) groups excluding carboxylic acids is 1. The molecule has 0 aliphatic carbocycles. The first-order valence-corrected chi connectivity index (χ1v) is 10.4. The second kappa shape index (κ2) is 8.57.